The van der Waals surface area contributed by atoms with E-state index >= 15 is 0 Å². The van der Waals surface area contributed by atoms with Gasteiger partial charge < -0.3 is 4.90 Å². The number of benzene rings is 1. The lowest BCUT2D eigenvalue weighted by Gasteiger charge is -2.38. The molecule has 1 fully saturated rings. The van der Waals surface area contributed by atoms with Gasteiger partial charge in [0.2, 0.25) is 10.0 Å². The monoisotopic (exact) mass is 334 g/mol. The third-order valence-electron chi connectivity index (χ3n) is 3.46. The standard InChI is InChI=1S/C13H16ClFN2O3S/c1-9-8-16(6-7-17(9)21(2,19)20)13(18)10-4-3-5-11(15)12(10)14/h3-5,9H,6-8H2,1-2H3/t9-/m0/s1. The van der Waals surface area contributed by atoms with Crippen LogP contribution in [0.2, 0.25) is 5.02 Å². The number of amides is 1. The van der Waals surface area contributed by atoms with Crippen LogP contribution < -0.4 is 0 Å². The topological polar surface area (TPSA) is 57.7 Å². The van der Waals surface area contributed by atoms with Crippen molar-refractivity contribution < 1.29 is 17.6 Å². The van der Waals surface area contributed by atoms with Gasteiger partial charge in [0.1, 0.15) is 5.82 Å². The first-order valence-electron chi connectivity index (χ1n) is 6.42. The Hall–Kier alpha value is -1.18. The van der Waals surface area contributed by atoms with E-state index in [4.69, 9.17) is 11.6 Å². The smallest absolute Gasteiger partial charge is 0.255 e. The predicted octanol–water partition coefficient (Wildman–Crippen LogP) is 1.59. The number of nitrogens with zero attached hydrogens (tertiary/aromatic N) is 2. The fourth-order valence-electron chi connectivity index (χ4n) is 2.46. The number of rotatable bonds is 2. The van der Waals surface area contributed by atoms with Gasteiger partial charge in [-0.3, -0.25) is 4.79 Å². The molecule has 116 valence electrons. The number of hydrogen-bond donors (Lipinski definition) is 0. The van der Waals surface area contributed by atoms with Gasteiger partial charge >= 0.3 is 0 Å². The minimum absolute atomic E-state index is 0.0941. The number of piperazine rings is 1. The van der Waals surface area contributed by atoms with Crippen LogP contribution in [0.25, 0.3) is 0 Å². The lowest BCUT2D eigenvalue weighted by molar-refractivity contribution is 0.0642. The normalized spacial score (nSPS) is 20.6. The molecule has 0 spiro atoms. The molecule has 0 aromatic heterocycles. The molecule has 1 aromatic rings. The van der Waals surface area contributed by atoms with Gasteiger partial charge in [-0.2, -0.15) is 4.31 Å². The summed E-state index contributed by atoms with van der Waals surface area (Å²) in [5.74, 6) is -1.04. The van der Waals surface area contributed by atoms with Gasteiger partial charge in [-0.05, 0) is 19.1 Å². The molecule has 5 nitrogen and oxygen atoms in total. The molecule has 1 amide bonds. The van der Waals surface area contributed by atoms with Crippen molar-refractivity contribution in [3.8, 4) is 0 Å². The van der Waals surface area contributed by atoms with Crippen LogP contribution in [0.15, 0.2) is 18.2 Å². The lowest BCUT2D eigenvalue weighted by atomic mass is 10.1. The van der Waals surface area contributed by atoms with Crippen LogP contribution in [0.4, 0.5) is 4.39 Å². The van der Waals surface area contributed by atoms with Gasteiger partial charge in [0, 0.05) is 25.7 Å². The maximum Gasteiger partial charge on any atom is 0.255 e. The second-order valence-corrected chi connectivity index (χ2v) is 7.39. The van der Waals surface area contributed by atoms with E-state index in [9.17, 15) is 17.6 Å². The van der Waals surface area contributed by atoms with Crippen LogP contribution in [0.1, 0.15) is 17.3 Å². The predicted molar refractivity (Wildman–Crippen MR) is 78.3 cm³/mol. The van der Waals surface area contributed by atoms with Crippen LogP contribution in [-0.4, -0.2) is 55.5 Å². The quantitative estimate of drug-likeness (QED) is 0.825. The van der Waals surface area contributed by atoms with Gasteiger partial charge in [0.05, 0.1) is 16.8 Å². The first kappa shape index (κ1) is 16.2. The fraction of sp³-hybridized carbons (Fsp3) is 0.462. The zero-order chi connectivity index (χ0) is 15.8. The van der Waals surface area contributed by atoms with E-state index in [1.165, 1.54) is 27.4 Å². The van der Waals surface area contributed by atoms with Crippen LogP contribution in [0, 0.1) is 5.82 Å². The third kappa shape index (κ3) is 3.36. The molecule has 0 radical (unpaired) electrons. The number of halogens is 2. The Bertz CT molecular complexity index is 665. The first-order valence-corrected chi connectivity index (χ1v) is 8.64. The van der Waals surface area contributed by atoms with Gasteiger partial charge in [-0.15, -0.1) is 0 Å². The lowest BCUT2D eigenvalue weighted by Crippen LogP contribution is -2.55. The Morgan fingerprint density at radius 1 is 1.38 bits per heavy atom. The Morgan fingerprint density at radius 3 is 2.62 bits per heavy atom. The highest BCUT2D eigenvalue weighted by Crippen LogP contribution is 2.23. The van der Waals surface area contributed by atoms with E-state index < -0.39 is 15.8 Å². The van der Waals surface area contributed by atoms with E-state index in [1.807, 2.05) is 0 Å². The largest absolute Gasteiger partial charge is 0.336 e. The van der Waals surface area contributed by atoms with E-state index in [0.29, 0.717) is 0 Å². The second-order valence-electron chi connectivity index (χ2n) is 5.08. The molecule has 1 heterocycles. The van der Waals surface area contributed by atoms with Gasteiger partial charge in [-0.1, -0.05) is 17.7 Å². The first-order chi connectivity index (χ1) is 9.71. The summed E-state index contributed by atoms with van der Waals surface area (Å²) in [7, 11) is -3.29. The summed E-state index contributed by atoms with van der Waals surface area (Å²) < 4.78 is 38.0. The second kappa shape index (κ2) is 5.90. The van der Waals surface area contributed by atoms with Crippen molar-refractivity contribution in [3.05, 3.63) is 34.6 Å². The van der Waals surface area contributed by atoms with Crippen molar-refractivity contribution in [2.45, 2.75) is 13.0 Å². The summed E-state index contributed by atoms with van der Waals surface area (Å²) in [6.45, 7) is 2.45. The summed E-state index contributed by atoms with van der Waals surface area (Å²) in [5.41, 5.74) is 0.0941. The van der Waals surface area contributed by atoms with Crippen LogP contribution in [-0.2, 0) is 10.0 Å². The molecule has 1 aliphatic heterocycles. The Kier molecular flexibility index (Phi) is 4.55. The Labute approximate surface area is 128 Å². The number of carbonyl (C=O) groups excluding carboxylic acids is 1. The SMILES string of the molecule is C[C@H]1CN(C(=O)c2cccc(F)c2Cl)CCN1S(C)(=O)=O. The van der Waals surface area contributed by atoms with E-state index in [2.05, 4.69) is 0 Å². The molecule has 1 aromatic carbocycles. The van der Waals surface area contributed by atoms with E-state index in [-0.39, 0.29) is 42.2 Å². The van der Waals surface area contributed by atoms with Crippen molar-refractivity contribution in [2.75, 3.05) is 25.9 Å². The average molecular weight is 335 g/mol. The van der Waals surface area contributed by atoms with E-state index in [1.54, 1.807) is 6.92 Å². The summed E-state index contributed by atoms with van der Waals surface area (Å²) in [4.78, 5) is 13.9. The third-order valence-corrected chi connectivity index (χ3v) is 5.24. The molecule has 2 rings (SSSR count). The fourth-order valence-corrected chi connectivity index (χ4v) is 3.80. The zero-order valence-electron chi connectivity index (χ0n) is 11.7. The van der Waals surface area contributed by atoms with E-state index in [0.717, 1.165) is 6.26 Å². The molecule has 21 heavy (non-hydrogen) atoms. The maximum absolute atomic E-state index is 13.4. The van der Waals surface area contributed by atoms with Crippen molar-refractivity contribution >= 4 is 27.5 Å². The van der Waals surface area contributed by atoms with Crippen molar-refractivity contribution in [1.29, 1.82) is 0 Å². The van der Waals surface area contributed by atoms with Crippen molar-refractivity contribution in [2.24, 2.45) is 0 Å². The van der Waals surface area contributed by atoms with Crippen LogP contribution in [0.3, 0.4) is 0 Å². The average Bonchev–Trinajstić information content (AvgIpc) is 2.39. The Morgan fingerprint density at radius 2 is 2.05 bits per heavy atom. The molecular formula is C13H16ClFN2O3S. The van der Waals surface area contributed by atoms with Gasteiger partial charge in [0.15, 0.2) is 0 Å². The highest BCUT2D eigenvalue weighted by molar-refractivity contribution is 7.88. The highest BCUT2D eigenvalue weighted by atomic mass is 35.5. The number of carbonyl (C=O) groups is 1. The minimum Gasteiger partial charge on any atom is -0.336 e. The Balaban J connectivity index is 2.18. The molecule has 1 atom stereocenters. The van der Waals surface area contributed by atoms with Crippen LogP contribution >= 0.6 is 11.6 Å². The molecule has 0 N–H and O–H groups in total. The number of hydrogen-bond acceptors (Lipinski definition) is 3. The summed E-state index contributed by atoms with van der Waals surface area (Å²) in [6.07, 6.45) is 1.14. The summed E-state index contributed by atoms with van der Waals surface area (Å²) in [6, 6.07) is 3.74. The molecule has 0 saturated carbocycles. The maximum atomic E-state index is 13.4. The van der Waals surface area contributed by atoms with Crippen LogP contribution in [0.5, 0.6) is 0 Å². The molecule has 1 aliphatic rings. The molecule has 1 saturated heterocycles. The minimum atomic E-state index is -3.29. The molecule has 8 heteroatoms. The van der Waals surface area contributed by atoms with Gasteiger partial charge in [-0.25, -0.2) is 12.8 Å². The number of sulfonamides is 1. The van der Waals surface area contributed by atoms with Gasteiger partial charge in [0.25, 0.3) is 5.91 Å². The molecular weight excluding hydrogens is 319 g/mol. The summed E-state index contributed by atoms with van der Waals surface area (Å²) >= 11 is 5.82. The van der Waals surface area contributed by atoms with Crippen molar-refractivity contribution in [1.82, 2.24) is 9.21 Å². The summed E-state index contributed by atoms with van der Waals surface area (Å²) in [5, 5.41) is -0.208. The highest BCUT2D eigenvalue weighted by Gasteiger charge is 2.32. The molecule has 0 unspecified atom stereocenters. The molecule has 0 aliphatic carbocycles. The zero-order valence-corrected chi connectivity index (χ0v) is 13.3. The molecule has 0 bridgehead atoms. The van der Waals surface area contributed by atoms with Crippen molar-refractivity contribution in [3.63, 3.8) is 0 Å².